The predicted octanol–water partition coefficient (Wildman–Crippen LogP) is 4.19. The maximum Gasteiger partial charge on any atom is 0.420 e. The zero-order chi connectivity index (χ0) is 23.3. The highest BCUT2D eigenvalue weighted by molar-refractivity contribution is 5.88. The number of allylic oxidation sites excluding steroid dienone is 1. The van der Waals surface area contributed by atoms with Crippen LogP contribution in [0.1, 0.15) is 40.9 Å². The van der Waals surface area contributed by atoms with E-state index in [-0.39, 0.29) is 12.5 Å². The van der Waals surface area contributed by atoms with Crippen LogP contribution in [0.25, 0.3) is 16.7 Å². The molecule has 3 aromatic rings. The van der Waals surface area contributed by atoms with Gasteiger partial charge < -0.3 is 9.64 Å². The number of aryl methyl sites for hydroxylation is 3. The van der Waals surface area contributed by atoms with Crippen molar-refractivity contribution in [1.29, 1.82) is 0 Å². The Morgan fingerprint density at radius 2 is 1.85 bits per heavy atom. The molecule has 1 fully saturated rings. The van der Waals surface area contributed by atoms with Gasteiger partial charge in [0.1, 0.15) is 17.3 Å². The van der Waals surface area contributed by atoms with E-state index in [4.69, 9.17) is 4.74 Å². The van der Waals surface area contributed by atoms with Crippen LogP contribution in [0.15, 0.2) is 29.6 Å². The molecular weight excluding hydrogens is 433 g/mol. The lowest BCUT2D eigenvalue weighted by Crippen LogP contribution is -2.39. The maximum atomic E-state index is 13.0. The predicted molar refractivity (Wildman–Crippen MR) is 116 cm³/mol. The van der Waals surface area contributed by atoms with E-state index >= 15 is 0 Å². The summed E-state index contributed by atoms with van der Waals surface area (Å²) in [5.41, 5.74) is 6.48. The molecule has 7 nitrogen and oxygen atoms in total. The lowest BCUT2D eigenvalue weighted by Gasteiger charge is -2.33. The summed E-state index contributed by atoms with van der Waals surface area (Å²) in [4.78, 5) is 24.5. The number of alkyl halides is 3. The highest BCUT2D eigenvalue weighted by Crippen LogP contribution is 2.40. The third-order valence-electron chi connectivity index (χ3n) is 5.86. The van der Waals surface area contributed by atoms with Gasteiger partial charge in [0.05, 0.1) is 30.1 Å². The first kappa shape index (κ1) is 21.5. The van der Waals surface area contributed by atoms with E-state index in [1.165, 1.54) is 0 Å². The fourth-order valence-electron chi connectivity index (χ4n) is 3.91. The molecule has 0 saturated carbocycles. The van der Waals surface area contributed by atoms with Crippen LogP contribution in [0.3, 0.4) is 0 Å². The first-order valence-electron chi connectivity index (χ1n) is 10.6. The second kappa shape index (κ2) is 7.90. The molecule has 1 aliphatic heterocycles. The van der Waals surface area contributed by atoms with Gasteiger partial charge in [-0.15, -0.1) is 5.73 Å². The topological polar surface area (TPSA) is 76.9 Å². The van der Waals surface area contributed by atoms with Gasteiger partial charge in [-0.05, 0) is 38.5 Å². The molecule has 0 radical (unpaired) electrons. The third-order valence-corrected chi connectivity index (χ3v) is 5.86. The van der Waals surface area contributed by atoms with Gasteiger partial charge in [-0.1, -0.05) is 0 Å². The average molecular weight is 454 g/mol. The van der Waals surface area contributed by atoms with E-state index in [1.54, 1.807) is 13.1 Å². The number of aromatic nitrogens is 5. The van der Waals surface area contributed by atoms with Gasteiger partial charge in [-0.2, -0.15) is 18.2 Å². The Hall–Kier alpha value is -3.36. The fraction of sp³-hybridized carbons (Fsp3) is 0.391. The van der Waals surface area contributed by atoms with Gasteiger partial charge >= 0.3 is 6.18 Å². The van der Waals surface area contributed by atoms with Crippen molar-refractivity contribution >= 4 is 22.7 Å². The maximum absolute atomic E-state index is 13.0. The van der Waals surface area contributed by atoms with Gasteiger partial charge in [0.25, 0.3) is 0 Å². The second-order valence-electron chi connectivity index (χ2n) is 8.23. The number of pyridine rings is 1. The summed E-state index contributed by atoms with van der Waals surface area (Å²) in [5, 5.41) is 0. The number of hydrogen-bond acceptors (Lipinski definition) is 7. The van der Waals surface area contributed by atoms with Crippen molar-refractivity contribution in [1.82, 2.24) is 24.9 Å². The largest absolute Gasteiger partial charge is 0.420 e. The monoisotopic (exact) mass is 454 g/mol. The molecule has 0 bridgehead atoms. The molecule has 10 heteroatoms. The second-order valence-corrected chi connectivity index (χ2v) is 8.23. The Labute approximate surface area is 188 Å². The molecule has 2 aliphatic rings. The quantitative estimate of drug-likeness (QED) is 0.549. The standard InChI is InChI=1S/C23H21F3N6O/c1-12-8-15(4-5-27-12)18-11-32(6-7-33-18)22-30-19(16-9-17(10-16)23(24,25)26)20-21(31-22)29-14(3)13(2)28-20/h4-5,8,18H,6-7,9,11H2,1-3H3/t18-/m1/s1. The smallest absolute Gasteiger partial charge is 0.370 e. The molecular formula is C23H21F3N6O. The minimum atomic E-state index is -4.40. The number of anilines is 1. The zero-order valence-electron chi connectivity index (χ0n) is 18.4. The Kier molecular flexibility index (Phi) is 5.14. The number of hydrogen-bond donors (Lipinski definition) is 0. The molecule has 3 aromatic heterocycles. The summed E-state index contributed by atoms with van der Waals surface area (Å²) < 4.78 is 45.0. The molecule has 4 heterocycles. The van der Waals surface area contributed by atoms with Crippen LogP contribution in [0.5, 0.6) is 0 Å². The van der Waals surface area contributed by atoms with E-state index < -0.39 is 11.7 Å². The first-order valence-corrected chi connectivity index (χ1v) is 10.6. The third kappa shape index (κ3) is 4.07. The highest BCUT2D eigenvalue weighted by atomic mass is 19.4. The number of nitrogens with zero attached hydrogens (tertiary/aromatic N) is 6. The molecule has 1 saturated heterocycles. The molecule has 0 spiro atoms. The van der Waals surface area contributed by atoms with Crippen LogP contribution in [0.4, 0.5) is 19.1 Å². The zero-order valence-corrected chi connectivity index (χ0v) is 18.4. The molecule has 33 heavy (non-hydrogen) atoms. The Balaban J connectivity index is 1.58. The van der Waals surface area contributed by atoms with Crippen LogP contribution in [0.2, 0.25) is 0 Å². The summed E-state index contributed by atoms with van der Waals surface area (Å²) in [5.74, 6) is 0.392. The summed E-state index contributed by atoms with van der Waals surface area (Å²) in [6.45, 7) is 7.05. The Morgan fingerprint density at radius 1 is 1.09 bits per heavy atom. The molecule has 0 amide bonds. The number of rotatable bonds is 3. The highest BCUT2D eigenvalue weighted by Gasteiger charge is 2.39. The van der Waals surface area contributed by atoms with E-state index in [0.29, 0.717) is 59.5 Å². The molecule has 5 rings (SSSR count). The van der Waals surface area contributed by atoms with E-state index in [2.05, 4.69) is 30.7 Å². The number of morpholine rings is 1. The summed E-state index contributed by atoms with van der Waals surface area (Å²) in [7, 11) is 0. The first-order chi connectivity index (χ1) is 15.7. The van der Waals surface area contributed by atoms with Crippen LogP contribution in [-0.2, 0) is 4.74 Å². The Morgan fingerprint density at radius 3 is 2.58 bits per heavy atom. The Bertz CT molecular complexity index is 1330. The summed E-state index contributed by atoms with van der Waals surface area (Å²) in [6, 6.07) is 3.88. The van der Waals surface area contributed by atoms with Crippen molar-refractivity contribution in [3.8, 4) is 0 Å². The van der Waals surface area contributed by atoms with Crippen molar-refractivity contribution in [3.63, 3.8) is 0 Å². The van der Waals surface area contributed by atoms with Crippen molar-refractivity contribution < 1.29 is 17.9 Å². The van der Waals surface area contributed by atoms with Crippen LogP contribution in [0, 0.1) is 20.8 Å². The fourth-order valence-corrected chi connectivity index (χ4v) is 3.91. The normalized spacial score (nSPS) is 18.7. The molecule has 0 aromatic carbocycles. The lowest BCUT2D eigenvalue weighted by molar-refractivity contribution is -0.0934. The van der Waals surface area contributed by atoms with Gasteiger partial charge in [-0.3, -0.25) is 4.98 Å². The van der Waals surface area contributed by atoms with E-state index in [0.717, 1.165) is 11.3 Å². The SMILES string of the molecule is Cc1cc([C@H]2CN(c3nc(C4=C=C(C(F)(F)F)C4)c4nc(C)c(C)nc4n3)CCO2)ccn1. The van der Waals surface area contributed by atoms with Crippen molar-refractivity contribution in [3.05, 3.63) is 58.0 Å². The molecule has 0 unspecified atom stereocenters. The molecule has 0 N–H and O–H groups in total. The van der Waals surface area contributed by atoms with E-state index in [9.17, 15) is 13.2 Å². The van der Waals surface area contributed by atoms with E-state index in [1.807, 2.05) is 30.9 Å². The van der Waals surface area contributed by atoms with Crippen molar-refractivity contribution in [2.45, 2.75) is 39.5 Å². The van der Waals surface area contributed by atoms with Crippen molar-refractivity contribution in [2.75, 3.05) is 24.6 Å². The number of halogens is 3. The van der Waals surface area contributed by atoms with Gasteiger partial charge in [-0.25, -0.2) is 15.0 Å². The summed E-state index contributed by atoms with van der Waals surface area (Å²) in [6.07, 6.45) is -3.11. The molecule has 1 atom stereocenters. The molecule has 1 aliphatic carbocycles. The van der Waals surface area contributed by atoms with Crippen LogP contribution < -0.4 is 4.90 Å². The molecule has 170 valence electrons. The minimum absolute atomic E-state index is 0.200. The van der Waals surface area contributed by atoms with Gasteiger partial charge in [0.2, 0.25) is 5.95 Å². The summed E-state index contributed by atoms with van der Waals surface area (Å²) >= 11 is 0. The van der Waals surface area contributed by atoms with Crippen LogP contribution >= 0.6 is 0 Å². The number of fused-ring (bicyclic) bond motifs is 1. The van der Waals surface area contributed by atoms with Crippen LogP contribution in [-0.4, -0.2) is 50.8 Å². The van der Waals surface area contributed by atoms with Crippen molar-refractivity contribution in [2.24, 2.45) is 0 Å². The average Bonchev–Trinajstić information content (AvgIpc) is 2.73. The lowest BCUT2D eigenvalue weighted by atomic mass is 9.93. The van der Waals surface area contributed by atoms with Gasteiger partial charge in [0.15, 0.2) is 5.65 Å². The van der Waals surface area contributed by atoms with Gasteiger partial charge in [0, 0.05) is 30.4 Å². The minimum Gasteiger partial charge on any atom is -0.370 e. The number of ether oxygens (including phenoxy) is 1.